The molecule has 2 saturated heterocycles. The molecule has 2 fully saturated rings. The molecule has 3 amide bonds. The molecule has 3 aromatic carbocycles. The number of amides is 3. The van der Waals surface area contributed by atoms with E-state index in [-0.39, 0.29) is 18.6 Å². The third kappa shape index (κ3) is 3.21. The summed E-state index contributed by atoms with van der Waals surface area (Å²) in [4.78, 5) is 44.8. The second-order valence-electron chi connectivity index (χ2n) is 9.60. The van der Waals surface area contributed by atoms with Gasteiger partial charge in [-0.2, -0.15) is 0 Å². The van der Waals surface area contributed by atoms with Gasteiger partial charge < -0.3 is 24.4 Å². The van der Waals surface area contributed by atoms with Crippen molar-refractivity contribution in [1.82, 2.24) is 4.90 Å². The third-order valence-electron chi connectivity index (χ3n) is 7.70. The van der Waals surface area contributed by atoms with Crippen LogP contribution in [0.3, 0.4) is 0 Å². The monoisotopic (exact) mass is 509 g/mol. The number of carbonyl (C=O) groups is 3. The highest BCUT2D eigenvalue weighted by atomic mass is 16.7. The first-order valence-corrected chi connectivity index (χ1v) is 12.3. The molecule has 1 N–H and O–H groups in total. The van der Waals surface area contributed by atoms with E-state index in [4.69, 9.17) is 14.2 Å². The van der Waals surface area contributed by atoms with Gasteiger partial charge in [0.2, 0.25) is 24.5 Å². The average molecular weight is 510 g/mol. The summed E-state index contributed by atoms with van der Waals surface area (Å²) in [5, 5.41) is 2.94. The Morgan fingerprint density at radius 3 is 2.53 bits per heavy atom. The fraction of sp³-hybridized carbons (Fsp3) is 0.207. The smallest absolute Gasteiger partial charge is 0.247 e. The summed E-state index contributed by atoms with van der Waals surface area (Å²) in [5.74, 6) is -0.905. The lowest BCUT2D eigenvalue weighted by atomic mass is 9.84. The maximum Gasteiger partial charge on any atom is 0.247 e. The Bertz CT molecular complexity index is 1520. The zero-order chi connectivity index (χ0) is 26.0. The van der Waals surface area contributed by atoms with Crippen LogP contribution >= 0.6 is 0 Å². The first kappa shape index (κ1) is 22.4. The summed E-state index contributed by atoms with van der Waals surface area (Å²) in [6.07, 6.45) is 3.75. The molecular weight excluding hydrogens is 486 g/mol. The lowest BCUT2D eigenvalue weighted by Gasteiger charge is -2.35. The molecule has 190 valence electrons. The number of methoxy groups -OCH3 is 1. The molecule has 0 unspecified atom stereocenters. The number of hydrogen-bond donors (Lipinski definition) is 1. The van der Waals surface area contributed by atoms with E-state index < -0.39 is 29.8 Å². The summed E-state index contributed by atoms with van der Waals surface area (Å²) in [6, 6.07) is 18.4. The summed E-state index contributed by atoms with van der Waals surface area (Å²) in [5.41, 5.74) is 2.86. The highest BCUT2D eigenvalue weighted by molar-refractivity contribution is 6.24. The second kappa shape index (κ2) is 8.37. The molecule has 0 saturated carbocycles. The Morgan fingerprint density at radius 1 is 0.947 bits per heavy atom. The van der Waals surface area contributed by atoms with Crippen LogP contribution in [0.5, 0.6) is 17.2 Å². The van der Waals surface area contributed by atoms with Gasteiger partial charge in [0.15, 0.2) is 11.5 Å². The number of hydrogen-bond acceptors (Lipinski definition) is 7. The number of fused-ring (bicyclic) bond motifs is 6. The van der Waals surface area contributed by atoms with Gasteiger partial charge in [-0.25, -0.2) is 4.90 Å². The first-order chi connectivity index (χ1) is 18.5. The van der Waals surface area contributed by atoms with Crippen LogP contribution < -0.4 is 24.4 Å². The number of imide groups is 1. The van der Waals surface area contributed by atoms with Crippen LogP contribution in [-0.2, 0) is 14.4 Å². The van der Waals surface area contributed by atoms with E-state index in [0.29, 0.717) is 28.6 Å². The van der Waals surface area contributed by atoms with Crippen molar-refractivity contribution in [3.05, 3.63) is 84.1 Å². The van der Waals surface area contributed by atoms with Gasteiger partial charge in [0, 0.05) is 18.0 Å². The molecule has 9 heteroatoms. The van der Waals surface area contributed by atoms with E-state index >= 15 is 0 Å². The molecule has 38 heavy (non-hydrogen) atoms. The maximum atomic E-state index is 13.9. The first-order valence-electron chi connectivity index (χ1n) is 12.3. The molecule has 9 nitrogen and oxygen atoms in total. The number of benzene rings is 3. The van der Waals surface area contributed by atoms with Crippen molar-refractivity contribution in [2.75, 3.05) is 24.1 Å². The topological polar surface area (TPSA) is 97.4 Å². The standard InChI is InChI=1S/C29H23N3O6/c1-36-19-9-7-18(8-10-19)32-28(34)23-24(29(32)35)26(31-13-12-16-4-2-3-5-20(16)25(23)31)27(33)30-17-6-11-21-22(14-17)38-15-37-21/h2-14,23-26H,15H2,1H3,(H,30,33)/t23-,24+,25+,26-/m0/s1. The minimum absolute atomic E-state index is 0.122. The molecule has 4 heterocycles. The van der Waals surface area contributed by atoms with E-state index in [1.807, 2.05) is 41.4 Å². The number of carbonyl (C=O) groups excluding carboxylic acids is 3. The predicted octanol–water partition coefficient (Wildman–Crippen LogP) is 3.58. The van der Waals surface area contributed by atoms with Crippen LogP contribution in [0.4, 0.5) is 11.4 Å². The van der Waals surface area contributed by atoms with Crippen LogP contribution in [0, 0.1) is 11.8 Å². The number of rotatable bonds is 4. The van der Waals surface area contributed by atoms with Crippen LogP contribution in [0.15, 0.2) is 72.9 Å². The molecule has 0 bridgehead atoms. The van der Waals surface area contributed by atoms with Crippen LogP contribution in [-0.4, -0.2) is 42.6 Å². The number of nitrogens with zero attached hydrogens (tertiary/aromatic N) is 2. The number of ether oxygens (including phenoxy) is 3. The lowest BCUT2D eigenvalue weighted by molar-refractivity contribution is -0.128. The molecule has 0 aromatic heterocycles. The Labute approximate surface area is 218 Å². The van der Waals surface area contributed by atoms with Crippen LogP contribution in [0.2, 0.25) is 0 Å². The van der Waals surface area contributed by atoms with Gasteiger partial charge in [0.1, 0.15) is 11.8 Å². The quantitative estimate of drug-likeness (QED) is 0.537. The highest BCUT2D eigenvalue weighted by Crippen LogP contribution is 2.53. The number of anilines is 2. The molecule has 4 atom stereocenters. The van der Waals surface area contributed by atoms with Crippen molar-refractivity contribution < 1.29 is 28.6 Å². The molecule has 0 radical (unpaired) electrons. The van der Waals surface area contributed by atoms with Gasteiger partial charge in [-0.15, -0.1) is 0 Å². The molecule has 0 aliphatic carbocycles. The van der Waals surface area contributed by atoms with Gasteiger partial charge in [-0.1, -0.05) is 24.3 Å². The Kier molecular flexibility index (Phi) is 4.94. The van der Waals surface area contributed by atoms with E-state index in [2.05, 4.69) is 5.32 Å². The van der Waals surface area contributed by atoms with Gasteiger partial charge in [0.05, 0.1) is 30.7 Å². The van der Waals surface area contributed by atoms with Crippen LogP contribution in [0.25, 0.3) is 6.08 Å². The lowest BCUT2D eigenvalue weighted by Crippen LogP contribution is -2.46. The summed E-state index contributed by atoms with van der Waals surface area (Å²) in [6.45, 7) is 0.122. The van der Waals surface area contributed by atoms with Crippen molar-refractivity contribution in [2.24, 2.45) is 11.8 Å². The van der Waals surface area contributed by atoms with Crippen LogP contribution in [0.1, 0.15) is 17.2 Å². The zero-order valence-corrected chi connectivity index (χ0v) is 20.4. The fourth-order valence-electron chi connectivity index (χ4n) is 6.03. The van der Waals surface area contributed by atoms with Gasteiger partial charge in [-0.05, 0) is 53.6 Å². The fourth-order valence-corrected chi connectivity index (χ4v) is 6.03. The predicted molar refractivity (Wildman–Crippen MR) is 138 cm³/mol. The van der Waals surface area contributed by atoms with Crippen molar-refractivity contribution in [2.45, 2.75) is 12.1 Å². The molecule has 7 rings (SSSR count). The van der Waals surface area contributed by atoms with Crippen molar-refractivity contribution in [1.29, 1.82) is 0 Å². The molecule has 4 aliphatic heterocycles. The summed E-state index contributed by atoms with van der Waals surface area (Å²) in [7, 11) is 1.55. The molecule has 0 spiro atoms. The number of nitrogens with one attached hydrogen (secondary N) is 1. The average Bonchev–Trinajstić information content (AvgIpc) is 3.61. The van der Waals surface area contributed by atoms with E-state index in [1.54, 1.807) is 49.6 Å². The van der Waals surface area contributed by atoms with Crippen molar-refractivity contribution in [3.8, 4) is 17.2 Å². The van der Waals surface area contributed by atoms with Gasteiger partial charge in [-0.3, -0.25) is 14.4 Å². The van der Waals surface area contributed by atoms with Crippen molar-refractivity contribution in [3.63, 3.8) is 0 Å². The largest absolute Gasteiger partial charge is 0.497 e. The normalized spacial score (nSPS) is 24.2. The Morgan fingerprint density at radius 2 is 1.71 bits per heavy atom. The van der Waals surface area contributed by atoms with Gasteiger partial charge in [0.25, 0.3) is 0 Å². The summed E-state index contributed by atoms with van der Waals surface area (Å²) >= 11 is 0. The molecule has 3 aromatic rings. The molecule has 4 aliphatic rings. The highest BCUT2D eigenvalue weighted by Gasteiger charge is 2.64. The SMILES string of the molecule is COc1ccc(N2C(=O)[C@@H]3[C@H](C2=O)[C@H]2c4ccccc4C=CN2[C@@H]3C(=O)Nc2ccc3c(c2)OCO3)cc1. The maximum absolute atomic E-state index is 13.9. The summed E-state index contributed by atoms with van der Waals surface area (Å²) < 4.78 is 16.0. The van der Waals surface area contributed by atoms with E-state index in [1.165, 1.54) is 4.90 Å². The minimum atomic E-state index is -0.889. The van der Waals surface area contributed by atoms with E-state index in [9.17, 15) is 14.4 Å². The second-order valence-corrected chi connectivity index (χ2v) is 9.60. The Balaban J connectivity index is 1.28. The van der Waals surface area contributed by atoms with Gasteiger partial charge >= 0.3 is 0 Å². The van der Waals surface area contributed by atoms with Crippen molar-refractivity contribution >= 4 is 35.2 Å². The van der Waals surface area contributed by atoms with E-state index in [0.717, 1.165) is 11.1 Å². The molecular formula is C29H23N3O6. The third-order valence-corrected chi connectivity index (χ3v) is 7.70. The Hall–Kier alpha value is -4.79. The zero-order valence-electron chi connectivity index (χ0n) is 20.4. The minimum Gasteiger partial charge on any atom is -0.497 e.